The van der Waals surface area contributed by atoms with Crippen LogP contribution in [0.5, 0.6) is 0 Å². The zero-order chi connectivity index (χ0) is 14.7. The van der Waals surface area contributed by atoms with Crippen molar-refractivity contribution in [1.29, 1.82) is 0 Å². The first-order valence-corrected chi connectivity index (χ1v) is 7.25. The van der Waals surface area contributed by atoms with E-state index in [1.54, 1.807) is 0 Å². The normalized spacial score (nSPS) is 16.1. The SMILES string of the molecule is CS(=O)(=O)NCCC(O)(c1ccccc1)C(F)(F)F. The standard InChI is InChI=1S/C11H14F3NO3S/c1-19(17,18)15-8-7-10(16,11(12,13)14)9-5-3-2-4-6-9/h2-6,15-16H,7-8H2,1H3. The van der Waals surface area contributed by atoms with E-state index in [1.807, 2.05) is 4.72 Å². The van der Waals surface area contributed by atoms with Crippen molar-refractivity contribution in [2.45, 2.75) is 18.2 Å². The number of sulfonamides is 1. The van der Waals surface area contributed by atoms with Crippen LogP contribution in [0.3, 0.4) is 0 Å². The molecule has 0 amide bonds. The number of nitrogens with one attached hydrogen (secondary N) is 1. The Hall–Kier alpha value is -1.12. The number of alkyl halides is 3. The van der Waals surface area contributed by atoms with Gasteiger partial charge in [0, 0.05) is 13.0 Å². The molecule has 4 nitrogen and oxygen atoms in total. The average molecular weight is 297 g/mol. The Bertz CT molecular complexity index is 516. The molecule has 0 aromatic heterocycles. The quantitative estimate of drug-likeness (QED) is 0.863. The van der Waals surface area contributed by atoms with Crippen molar-refractivity contribution >= 4 is 10.0 Å². The van der Waals surface area contributed by atoms with Gasteiger partial charge in [0.1, 0.15) is 0 Å². The van der Waals surface area contributed by atoms with Gasteiger partial charge in [-0.25, -0.2) is 13.1 Å². The van der Waals surface area contributed by atoms with Crippen molar-refractivity contribution in [3.8, 4) is 0 Å². The molecule has 0 aliphatic carbocycles. The molecule has 0 saturated heterocycles. The fourth-order valence-corrected chi connectivity index (χ4v) is 2.05. The molecular weight excluding hydrogens is 283 g/mol. The van der Waals surface area contributed by atoms with Crippen LogP contribution in [0.25, 0.3) is 0 Å². The summed E-state index contributed by atoms with van der Waals surface area (Å²) in [4.78, 5) is 0. The van der Waals surface area contributed by atoms with Gasteiger partial charge < -0.3 is 5.11 Å². The van der Waals surface area contributed by atoms with Gasteiger partial charge in [-0.05, 0) is 5.56 Å². The molecule has 19 heavy (non-hydrogen) atoms. The Balaban J connectivity index is 2.96. The number of hydrogen-bond acceptors (Lipinski definition) is 3. The summed E-state index contributed by atoms with van der Waals surface area (Å²) in [7, 11) is -3.60. The van der Waals surface area contributed by atoms with Gasteiger partial charge in [-0.1, -0.05) is 30.3 Å². The first-order valence-electron chi connectivity index (χ1n) is 5.35. The van der Waals surface area contributed by atoms with E-state index in [0.717, 1.165) is 18.4 Å². The third-order valence-electron chi connectivity index (χ3n) is 2.57. The number of hydrogen-bond donors (Lipinski definition) is 2. The Kier molecular flexibility index (Phi) is 4.59. The van der Waals surface area contributed by atoms with Crippen LogP contribution in [0.2, 0.25) is 0 Å². The maximum Gasteiger partial charge on any atom is 0.421 e. The summed E-state index contributed by atoms with van der Waals surface area (Å²) < 4.78 is 62.5. The second-order valence-electron chi connectivity index (χ2n) is 4.14. The van der Waals surface area contributed by atoms with E-state index in [9.17, 15) is 26.7 Å². The van der Waals surface area contributed by atoms with Crippen molar-refractivity contribution in [1.82, 2.24) is 4.72 Å². The molecule has 0 bridgehead atoms. The molecule has 0 radical (unpaired) electrons. The van der Waals surface area contributed by atoms with E-state index in [4.69, 9.17) is 0 Å². The van der Waals surface area contributed by atoms with E-state index in [2.05, 4.69) is 0 Å². The zero-order valence-corrected chi connectivity index (χ0v) is 10.9. The molecule has 1 atom stereocenters. The van der Waals surface area contributed by atoms with Crippen LogP contribution in [0.15, 0.2) is 30.3 Å². The molecule has 1 aromatic carbocycles. The van der Waals surface area contributed by atoms with E-state index < -0.39 is 34.8 Å². The minimum absolute atomic E-state index is 0.321. The van der Waals surface area contributed by atoms with Crippen LogP contribution < -0.4 is 4.72 Å². The topological polar surface area (TPSA) is 66.4 Å². The van der Waals surface area contributed by atoms with Crippen molar-refractivity contribution < 1.29 is 26.7 Å². The van der Waals surface area contributed by atoms with Gasteiger partial charge in [-0.15, -0.1) is 0 Å². The summed E-state index contributed by atoms with van der Waals surface area (Å²) in [5, 5.41) is 9.86. The smallest absolute Gasteiger partial charge is 0.376 e. The van der Waals surface area contributed by atoms with Crippen LogP contribution in [-0.2, 0) is 15.6 Å². The fraction of sp³-hybridized carbons (Fsp3) is 0.455. The molecule has 0 saturated carbocycles. The third kappa shape index (κ3) is 4.19. The van der Waals surface area contributed by atoms with E-state index in [-0.39, 0.29) is 5.56 Å². The first-order chi connectivity index (χ1) is 8.56. The second-order valence-corrected chi connectivity index (χ2v) is 5.97. The van der Waals surface area contributed by atoms with Gasteiger partial charge >= 0.3 is 6.18 Å². The van der Waals surface area contributed by atoms with Crippen molar-refractivity contribution in [2.75, 3.05) is 12.8 Å². The lowest BCUT2D eigenvalue weighted by Crippen LogP contribution is -2.44. The van der Waals surface area contributed by atoms with Crippen LogP contribution in [-0.4, -0.2) is 32.5 Å². The van der Waals surface area contributed by atoms with E-state index in [1.165, 1.54) is 18.2 Å². The van der Waals surface area contributed by atoms with Crippen molar-refractivity contribution in [3.63, 3.8) is 0 Å². The molecule has 108 valence electrons. The molecule has 8 heteroatoms. The van der Waals surface area contributed by atoms with Crippen LogP contribution in [0.1, 0.15) is 12.0 Å². The lowest BCUT2D eigenvalue weighted by atomic mass is 9.90. The second kappa shape index (κ2) is 5.48. The Morgan fingerprint density at radius 2 is 1.74 bits per heavy atom. The highest BCUT2D eigenvalue weighted by Crippen LogP contribution is 2.41. The molecule has 0 aliphatic rings. The molecule has 1 aromatic rings. The molecule has 0 heterocycles. The Morgan fingerprint density at radius 1 is 1.21 bits per heavy atom. The predicted molar refractivity (Wildman–Crippen MR) is 63.9 cm³/mol. The molecular formula is C11H14F3NO3S. The molecule has 1 unspecified atom stereocenters. The zero-order valence-electron chi connectivity index (χ0n) is 10.1. The highest BCUT2D eigenvalue weighted by molar-refractivity contribution is 7.88. The molecule has 0 fully saturated rings. The van der Waals surface area contributed by atoms with Crippen LogP contribution in [0, 0.1) is 0 Å². The largest absolute Gasteiger partial charge is 0.421 e. The van der Waals surface area contributed by atoms with Gasteiger partial charge in [-0.2, -0.15) is 13.2 Å². The van der Waals surface area contributed by atoms with Gasteiger partial charge in [0.25, 0.3) is 0 Å². The van der Waals surface area contributed by atoms with Gasteiger partial charge in [0.15, 0.2) is 5.60 Å². The molecule has 1 rings (SSSR count). The summed E-state index contributed by atoms with van der Waals surface area (Å²) in [6, 6.07) is 6.56. The van der Waals surface area contributed by atoms with E-state index >= 15 is 0 Å². The fourth-order valence-electron chi connectivity index (χ4n) is 1.58. The number of aliphatic hydroxyl groups is 1. The van der Waals surface area contributed by atoms with Gasteiger partial charge in [0.2, 0.25) is 10.0 Å². The first kappa shape index (κ1) is 15.9. The monoisotopic (exact) mass is 297 g/mol. The Morgan fingerprint density at radius 3 is 2.16 bits per heavy atom. The minimum atomic E-state index is -4.90. The van der Waals surface area contributed by atoms with Crippen LogP contribution >= 0.6 is 0 Å². The number of rotatable bonds is 5. The molecule has 2 N–H and O–H groups in total. The molecule has 0 spiro atoms. The summed E-state index contributed by atoms with van der Waals surface area (Å²) >= 11 is 0. The maximum absolute atomic E-state index is 13.0. The lowest BCUT2D eigenvalue weighted by molar-refractivity contribution is -0.268. The minimum Gasteiger partial charge on any atom is -0.376 e. The van der Waals surface area contributed by atoms with Gasteiger partial charge in [-0.3, -0.25) is 0 Å². The maximum atomic E-state index is 13.0. The lowest BCUT2D eigenvalue weighted by Gasteiger charge is -2.31. The third-order valence-corrected chi connectivity index (χ3v) is 3.30. The van der Waals surface area contributed by atoms with Crippen molar-refractivity contribution in [3.05, 3.63) is 35.9 Å². The summed E-state index contributed by atoms with van der Waals surface area (Å²) in [5.74, 6) is 0. The predicted octanol–water partition coefficient (Wildman–Crippen LogP) is 1.38. The molecule has 0 aliphatic heterocycles. The summed E-state index contributed by atoms with van der Waals surface area (Å²) in [5.41, 5.74) is -3.40. The summed E-state index contributed by atoms with van der Waals surface area (Å²) in [6.07, 6.45) is -4.86. The number of benzene rings is 1. The average Bonchev–Trinajstić information content (AvgIpc) is 2.26. The van der Waals surface area contributed by atoms with Crippen LogP contribution in [0.4, 0.5) is 13.2 Å². The Labute approximate surface area is 109 Å². The highest BCUT2D eigenvalue weighted by Gasteiger charge is 2.54. The summed E-state index contributed by atoms with van der Waals surface area (Å²) in [6.45, 7) is -0.510. The highest BCUT2D eigenvalue weighted by atomic mass is 32.2. The number of halogens is 3. The van der Waals surface area contributed by atoms with E-state index in [0.29, 0.717) is 0 Å². The van der Waals surface area contributed by atoms with Gasteiger partial charge in [0.05, 0.1) is 6.26 Å². The van der Waals surface area contributed by atoms with Crippen molar-refractivity contribution in [2.24, 2.45) is 0 Å².